The molecule has 0 unspecified atom stereocenters. The van der Waals surface area contributed by atoms with Gasteiger partial charge in [0, 0.05) is 32.2 Å². The van der Waals surface area contributed by atoms with E-state index in [9.17, 15) is 36.5 Å². The molecule has 0 atom stereocenters. The molecule has 0 bridgehead atoms. The number of esters is 1. The highest BCUT2D eigenvalue weighted by Gasteiger charge is 2.35. The van der Waals surface area contributed by atoms with Crippen molar-refractivity contribution in [1.82, 2.24) is 4.31 Å². The Hall–Kier alpha value is -3.19. The lowest BCUT2D eigenvalue weighted by atomic mass is 10.1. The number of anilines is 1. The number of hydrogen-bond donors (Lipinski definition) is 0. The molecule has 1 heterocycles. The number of piperazine rings is 1. The van der Waals surface area contributed by atoms with E-state index in [0.717, 1.165) is 12.1 Å². The van der Waals surface area contributed by atoms with Crippen molar-refractivity contribution in [3.05, 3.63) is 63.2 Å². The second-order valence-electron chi connectivity index (χ2n) is 7.32. The number of hydrogen-bond acceptors (Lipinski definition) is 7. The van der Waals surface area contributed by atoms with Crippen LogP contribution < -0.4 is 4.90 Å². The van der Waals surface area contributed by atoms with Gasteiger partial charge in [-0.1, -0.05) is 0 Å². The summed E-state index contributed by atoms with van der Waals surface area (Å²) in [6.07, 6.45) is -4.72. The fourth-order valence-electron chi connectivity index (χ4n) is 3.61. The molecule has 1 fully saturated rings. The number of halogens is 3. The van der Waals surface area contributed by atoms with Crippen LogP contribution in [0.2, 0.25) is 0 Å². The Labute approximate surface area is 187 Å². The molecule has 2 aromatic rings. The van der Waals surface area contributed by atoms with Gasteiger partial charge in [0.25, 0.3) is 5.69 Å². The number of aryl methyl sites for hydroxylation is 1. The van der Waals surface area contributed by atoms with Gasteiger partial charge in [0.2, 0.25) is 10.0 Å². The summed E-state index contributed by atoms with van der Waals surface area (Å²) in [6, 6.07) is 6.32. The molecular weight excluding hydrogens is 467 g/mol. The Morgan fingerprint density at radius 1 is 1.09 bits per heavy atom. The number of sulfonamides is 1. The highest BCUT2D eigenvalue weighted by molar-refractivity contribution is 7.89. The van der Waals surface area contributed by atoms with Crippen molar-refractivity contribution >= 4 is 27.4 Å². The van der Waals surface area contributed by atoms with Gasteiger partial charge in [-0.2, -0.15) is 17.5 Å². The number of ether oxygens (including phenoxy) is 1. The van der Waals surface area contributed by atoms with Gasteiger partial charge >= 0.3 is 12.1 Å². The quantitative estimate of drug-likeness (QED) is 0.362. The van der Waals surface area contributed by atoms with E-state index in [1.54, 1.807) is 6.92 Å². The lowest BCUT2D eigenvalue weighted by Crippen LogP contribution is -2.49. The average molecular weight is 487 g/mol. The van der Waals surface area contributed by atoms with E-state index in [0.29, 0.717) is 11.6 Å². The standard InChI is InChI=1S/C20H20F3N3O6S/c1-13-11-14(19(27)32-2)3-6-18(13)33(30,31)25-9-7-24(8-10-25)16-5-4-15(20(21,22)23)12-17(16)26(28)29/h3-6,11-12H,7-10H2,1-2H3. The van der Waals surface area contributed by atoms with Crippen molar-refractivity contribution < 1.29 is 36.0 Å². The van der Waals surface area contributed by atoms with Gasteiger partial charge in [-0.3, -0.25) is 10.1 Å². The van der Waals surface area contributed by atoms with Crippen LogP contribution in [0.15, 0.2) is 41.3 Å². The number of alkyl halides is 3. The van der Waals surface area contributed by atoms with E-state index in [4.69, 9.17) is 0 Å². The first-order chi connectivity index (χ1) is 15.4. The SMILES string of the molecule is COC(=O)c1ccc(S(=O)(=O)N2CCN(c3ccc(C(F)(F)F)cc3[N+](=O)[O-])CC2)c(C)c1. The Morgan fingerprint density at radius 3 is 2.24 bits per heavy atom. The molecule has 1 aliphatic rings. The molecule has 0 saturated carbocycles. The maximum atomic E-state index is 13.1. The van der Waals surface area contributed by atoms with Crippen molar-refractivity contribution in [2.75, 3.05) is 38.2 Å². The zero-order chi connectivity index (χ0) is 24.6. The zero-order valence-electron chi connectivity index (χ0n) is 17.6. The van der Waals surface area contributed by atoms with Crippen molar-refractivity contribution in [3.8, 4) is 0 Å². The van der Waals surface area contributed by atoms with Crippen LogP contribution in [0.5, 0.6) is 0 Å². The molecule has 33 heavy (non-hydrogen) atoms. The average Bonchev–Trinajstić information content (AvgIpc) is 2.77. The fraction of sp³-hybridized carbons (Fsp3) is 0.350. The third kappa shape index (κ3) is 4.93. The number of nitro benzene ring substituents is 1. The van der Waals surface area contributed by atoms with Crippen LogP contribution in [0.25, 0.3) is 0 Å². The van der Waals surface area contributed by atoms with E-state index in [1.807, 2.05) is 0 Å². The van der Waals surface area contributed by atoms with Crippen LogP contribution >= 0.6 is 0 Å². The topological polar surface area (TPSA) is 110 Å². The molecule has 3 rings (SSSR count). The van der Waals surface area contributed by atoms with Crippen molar-refractivity contribution in [3.63, 3.8) is 0 Å². The molecule has 1 aliphatic heterocycles. The molecule has 0 amide bonds. The van der Waals surface area contributed by atoms with Crippen LogP contribution in [0, 0.1) is 17.0 Å². The monoisotopic (exact) mass is 487 g/mol. The number of nitrogens with zero attached hydrogens (tertiary/aromatic N) is 3. The summed E-state index contributed by atoms with van der Waals surface area (Å²) < 4.78 is 70.8. The highest BCUT2D eigenvalue weighted by Crippen LogP contribution is 2.37. The maximum Gasteiger partial charge on any atom is 0.416 e. The Balaban J connectivity index is 1.81. The summed E-state index contributed by atoms with van der Waals surface area (Å²) in [5.41, 5.74) is -1.30. The van der Waals surface area contributed by atoms with Gasteiger partial charge in [0.15, 0.2) is 0 Å². The molecule has 13 heteroatoms. The normalized spacial score (nSPS) is 15.4. The number of carbonyl (C=O) groups is 1. The number of methoxy groups -OCH3 is 1. The van der Waals surface area contributed by atoms with Gasteiger partial charge in [0.05, 0.1) is 28.1 Å². The summed E-state index contributed by atoms with van der Waals surface area (Å²) in [5, 5.41) is 11.4. The predicted octanol–water partition coefficient (Wildman–Crippen LogP) is 3.22. The maximum absolute atomic E-state index is 13.1. The van der Waals surface area contributed by atoms with Gasteiger partial charge in [-0.25, -0.2) is 13.2 Å². The van der Waals surface area contributed by atoms with Crippen molar-refractivity contribution in [2.45, 2.75) is 18.0 Å². The Bertz CT molecular complexity index is 1190. The number of benzene rings is 2. The van der Waals surface area contributed by atoms with E-state index in [1.165, 1.54) is 34.5 Å². The summed E-state index contributed by atoms with van der Waals surface area (Å²) >= 11 is 0. The molecule has 0 N–H and O–H groups in total. The third-order valence-corrected chi connectivity index (χ3v) is 7.35. The first kappa shape index (κ1) is 24.5. The van der Waals surface area contributed by atoms with Crippen LogP contribution in [-0.2, 0) is 20.9 Å². The highest BCUT2D eigenvalue weighted by atomic mass is 32.2. The fourth-order valence-corrected chi connectivity index (χ4v) is 5.23. The van der Waals surface area contributed by atoms with E-state index < -0.39 is 38.3 Å². The van der Waals surface area contributed by atoms with Gasteiger partial charge in [0.1, 0.15) is 5.69 Å². The number of nitro groups is 1. The van der Waals surface area contributed by atoms with Crippen LogP contribution in [-0.4, -0.2) is 56.9 Å². The summed E-state index contributed by atoms with van der Waals surface area (Å²) in [7, 11) is -2.72. The molecule has 178 valence electrons. The van der Waals surface area contributed by atoms with Crippen LogP contribution in [0.4, 0.5) is 24.5 Å². The van der Waals surface area contributed by atoms with Crippen molar-refractivity contribution in [2.24, 2.45) is 0 Å². The third-order valence-electron chi connectivity index (χ3n) is 5.29. The molecular formula is C20H20F3N3O6S. The Morgan fingerprint density at radius 2 is 1.73 bits per heavy atom. The minimum Gasteiger partial charge on any atom is -0.465 e. The largest absolute Gasteiger partial charge is 0.465 e. The van der Waals surface area contributed by atoms with Gasteiger partial charge in [-0.05, 0) is 42.8 Å². The predicted molar refractivity (Wildman–Crippen MR) is 112 cm³/mol. The summed E-state index contributed by atoms with van der Waals surface area (Å²) in [5.74, 6) is -0.603. The second-order valence-corrected chi connectivity index (χ2v) is 9.23. The molecule has 2 aromatic carbocycles. The van der Waals surface area contributed by atoms with E-state index in [-0.39, 0.29) is 42.3 Å². The molecule has 0 aromatic heterocycles. The van der Waals surface area contributed by atoms with E-state index >= 15 is 0 Å². The lowest BCUT2D eigenvalue weighted by molar-refractivity contribution is -0.384. The summed E-state index contributed by atoms with van der Waals surface area (Å²) in [6.45, 7) is 1.58. The lowest BCUT2D eigenvalue weighted by Gasteiger charge is -2.35. The minimum absolute atomic E-state index is 0.00381. The molecule has 0 spiro atoms. The smallest absolute Gasteiger partial charge is 0.416 e. The molecule has 1 saturated heterocycles. The van der Waals surface area contributed by atoms with Crippen LogP contribution in [0.1, 0.15) is 21.5 Å². The molecule has 9 nitrogen and oxygen atoms in total. The summed E-state index contributed by atoms with van der Waals surface area (Å²) in [4.78, 5) is 23.6. The van der Waals surface area contributed by atoms with Crippen molar-refractivity contribution in [1.29, 1.82) is 0 Å². The first-order valence-corrected chi connectivity index (χ1v) is 11.1. The van der Waals surface area contributed by atoms with E-state index in [2.05, 4.69) is 4.74 Å². The number of carbonyl (C=O) groups excluding carboxylic acids is 1. The Kier molecular flexibility index (Phi) is 6.65. The molecule has 0 radical (unpaired) electrons. The zero-order valence-corrected chi connectivity index (χ0v) is 18.4. The van der Waals surface area contributed by atoms with Gasteiger partial charge < -0.3 is 9.64 Å². The van der Waals surface area contributed by atoms with Crippen LogP contribution in [0.3, 0.4) is 0 Å². The minimum atomic E-state index is -4.72. The molecule has 0 aliphatic carbocycles. The second kappa shape index (κ2) is 8.98. The van der Waals surface area contributed by atoms with Gasteiger partial charge in [-0.15, -0.1) is 0 Å². The number of rotatable bonds is 5. The first-order valence-electron chi connectivity index (χ1n) is 9.66.